The molecule has 0 saturated carbocycles. The highest BCUT2D eigenvalue weighted by atomic mass is 32.1. The summed E-state index contributed by atoms with van der Waals surface area (Å²) in [6.45, 7) is 0.170. The van der Waals surface area contributed by atoms with Crippen molar-refractivity contribution >= 4 is 11.3 Å². The van der Waals surface area contributed by atoms with Gasteiger partial charge < -0.3 is 14.9 Å². The molecule has 2 aromatic carbocycles. The summed E-state index contributed by atoms with van der Waals surface area (Å²) in [4.78, 5) is 13.9. The molecular formula is C18H17NO4S. The number of aromatic nitrogens is 1. The fourth-order valence-corrected chi connectivity index (χ4v) is 3.07. The molecule has 0 aliphatic heterocycles. The summed E-state index contributed by atoms with van der Waals surface area (Å²) >= 11 is 1.000. The number of ether oxygens (including phenoxy) is 1. The average molecular weight is 343 g/mol. The number of benzene rings is 2. The number of aromatic amines is 1. The van der Waals surface area contributed by atoms with Gasteiger partial charge in [-0.2, -0.15) is 0 Å². The zero-order valence-electron chi connectivity index (χ0n) is 12.8. The fourth-order valence-electron chi connectivity index (χ4n) is 2.31. The second-order valence-corrected chi connectivity index (χ2v) is 6.41. The number of hydrogen-bond acceptors (Lipinski definition) is 5. The fraction of sp³-hybridized carbons (Fsp3) is 0.167. The molecule has 3 aromatic rings. The average Bonchev–Trinajstić information content (AvgIpc) is 2.92. The molecule has 0 bridgehead atoms. The van der Waals surface area contributed by atoms with Crippen LogP contribution in [0.1, 0.15) is 22.1 Å². The lowest BCUT2D eigenvalue weighted by Crippen LogP contribution is -2.09. The van der Waals surface area contributed by atoms with Crippen LogP contribution in [0, 0.1) is 0 Å². The Morgan fingerprint density at radius 2 is 1.79 bits per heavy atom. The Kier molecular flexibility index (Phi) is 4.98. The monoisotopic (exact) mass is 343 g/mol. The molecule has 0 amide bonds. The molecule has 1 atom stereocenters. The standard InChI is InChI=1S/C18H17NO4S/c20-15(13-4-2-1-3-5-13)11-23-14-8-6-12(7-9-14)10-16-17(21)19-18(22)24-16/h1-9,15,20-21H,10-11H2,(H,19,22)/t15-/m0/s1. The van der Waals surface area contributed by atoms with E-state index in [1.807, 2.05) is 42.5 Å². The maximum Gasteiger partial charge on any atom is 0.307 e. The highest BCUT2D eigenvalue weighted by Crippen LogP contribution is 2.22. The molecule has 3 N–H and O–H groups in total. The van der Waals surface area contributed by atoms with Crippen molar-refractivity contribution in [3.8, 4) is 11.6 Å². The first-order valence-electron chi connectivity index (χ1n) is 7.47. The highest BCUT2D eigenvalue weighted by Gasteiger charge is 2.09. The van der Waals surface area contributed by atoms with Crippen molar-refractivity contribution in [3.05, 3.63) is 80.3 Å². The summed E-state index contributed by atoms with van der Waals surface area (Å²) < 4.78 is 5.60. The third-order valence-corrected chi connectivity index (χ3v) is 4.45. The van der Waals surface area contributed by atoms with Crippen LogP contribution in [0.2, 0.25) is 0 Å². The Balaban J connectivity index is 1.58. The summed E-state index contributed by atoms with van der Waals surface area (Å²) in [5.41, 5.74) is 1.77. The number of aliphatic hydroxyl groups excluding tert-OH is 1. The van der Waals surface area contributed by atoms with E-state index in [1.54, 1.807) is 12.1 Å². The summed E-state index contributed by atoms with van der Waals surface area (Å²) in [7, 11) is 0. The second kappa shape index (κ2) is 7.33. The maximum absolute atomic E-state index is 11.2. The summed E-state index contributed by atoms with van der Waals surface area (Å²) in [5.74, 6) is 0.580. The van der Waals surface area contributed by atoms with E-state index in [1.165, 1.54) is 0 Å². The Labute approximate surface area is 142 Å². The van der Waals surface area contributed by atoms with E-state index >= 15 is 0 Å². The Morgan fingerprint density at radius 3 is 2.42 bits per heavy atom. The number of thiazole rings is 1. The number of aliphatic hydroxyl groups is 1. The minimum absolute atomic E-state index is 0.0729. The molecule has 24 heavy (non-hydrogen) atoms. The first kappa shape index (κ1) is 16.3. The summed E-state index contributed by atoms with van der Waals surface area (Å²) in [5, 5.41) is 19.7. The molecule has 6 heteroatoms. The molecule has 124 valence electrons. The van der Waals surface area contributed by atoms with Crippen molar-refractivity contribution in [2.24, 2.45) is 0 Å². The van der Waals surface area contributed by atoms with Gasteiger partial charge in [-0.15, -0.1) is 0 Å². The van der Waals surface area contributed by atoms with Crippen LogP contribution in [0.3, 0.4) is 0 Å². The first-order valence-corrected chi connectivity index (χ1v) is 8.29. The van der Waals surface area contributed by atoms with Crippen molar-refractivity contribution in [1.29, 1.82) is 0 Å². The van der Waals surface area contributed by atoms with Crippen LogP contribution >= 0.6 is 11.3 Å². The zero-order chi connectivity index (χ0) is 16.9. The van der Waals surface area contributed by atoms with E-state index in [9.17, 15) is 15.0 Å². The number of aromatic hydroxyl groups is 1. The smallest absolute Gasteiger partial charge is 0.307 e. The SMILES string of the molecule is O=c1[nH]c(O)c(Cc2ccc(OC[C@H](O)c3ccccc3)cc2)s1. The quantitative estimate of drug-likeness (QED) is 0.643. The first-order chi connectivity index (χ1) is 11.6. The molecule has 0 spiro atoms. The summed E-state index contributed by atoms with van der Waals surface area (Å²) in [6.07, 6.45) is -0.206. The Bertz CT molecular complexity index is 839. The van der Waals surface area contributed by atoms with E-state index in [0.717, 1.165) is 22.5 Å². The number of hydrogen-bond donors (Lipinski definition) is 3. The molecule has 1 aromatic heterocycles. The van der Waals surface area contributed by atoms with Crippen LogP contribution in [0.25, 0.3) is 0 Å². The van der Waals surface area contributed by atoms with Gasteiger partial charge in [-0.3, -0.25) is 9.78 Å². The zero-order valence-corrected chi connectivity index (χ0v) is 13.6. The van der Waals surface area contributed by atoms with E-state index in [4.69, 9.17) is 4.74 Å². The maximum atomic E-state index is 11.2. The normalized spacial score (nSPS) is 12.0. The van der Waals surface area contributed by atoms with Crippen molar-refractivity contribution in [2.45, 2.75) is 12.5 Å². The predicted molar refractivity (Wildman–Crippen MR) is 92.7 cm³/mol. The number of nitrogens with one attached hydrogen (secondary N) is 1. The lowest BCUT2D eigenvalue weighted by molar-refractivity contribution is 0.108. The Morgan fingerprint density at radius 1 is 1.08 bits per heavy atom. The van der Waals surface area contributed by atoms with Crippen LogP contribution in [0.5, 0.6) is 11.6 Å². The molecule has 3 rings (SSSR count). The molecule has 0 aliphatic rings. The lowest BCUT2D eigenvalue weighted by Gasteiger charge is -2.13. The Hall–Kier alpha value is -2.57. The van der Waals surface area contributed by atoms with Crippen molar-refractivity contribution < 1.29 is 14.9 Å². The van der Waals surface area contributed by atoms with Gasteiger partial charge in [0.05, 0.1) is 4.88 Å². The lowest BCUT2D eigenvalue weighted by atomic mass is 10.1. The molecule has 1 heterocycles. The van der Waals surface area contributed by atoms with Crippen LogP contribution in [0.4, 0.5) is 0 Å². The predicted octanol–water partition coefficient (Wildman–Crippen LogP) is 2.85. The number of rotatable bonds is 6. The van der Waals surface area contributed by atoms with E-state index in [-0.39, 0.29) is 17.4 Å². The van der Waals surface area contributed by atoms with Crippen LogP contribution < -0.4 is 9.61 Å². The van der Waals surface area contributed by atoms with Gasteiger partial charge in [-0.25, -0.2) is 0 Å². The molecule has 0 aliphatic carbocycles. The molecule has 0 fully saturated rings. The van der Waals surface area contributed by atoms with E-state index in [2.05, 4.69) is 4.98 Å². The van der Waals surface area contributed by atoms with Gasteiger partial charge in [0.25, 0.3) is 0 Å². The highest BCUT2D eigenvalue weighted by molar-refractivity contribution is 7.09. The molecular weight excluding hydrogens is 326 g/mol. The molecule has 0 saturated heterocycles. The van der Waals surface area contributed by atoms with Gasteiger partial charge in [0.1, 0.15) is 18.5 Å². The van der Waals surface area contributed by atoms with E-state index < -0.39 is 6.10 Å². The van der Waals surface area contributed by atoms with Gasteiger partial charge >= 0.3 is 4.87 Å². The topological polar surface area (TPSA) is 82.6 Å². The van der Waals surface area contributed by atoms with Gasteiger partial charge in [0.15, 0.2) is 0 Å². The molecule has 5 nitrogen and oxygen atoms in total. The van der Waals surface area contributed by atoms with Gasteiger partial charge in [-0.1, -0.05) is 53.8 Å². The van der Waals surface area contributed by atoms with E-state index in [0.29, 0.717) is 17.0 Å². The van der Waals surface area contributed by atoms with Crippen LogP contribution in [-0.4, -0.2) is 21.8 Å². The molecule has 0 radical (unpaired) electrons. The van der Waals surface area contributed by atoms with Crippen molar-refractivity contribution in [2.75, 3.05) is 6.61 Å². The second-order valence-electron chi connectivity index (χ2n) is 5.34. The van der Waals surface area contributed by atoms with Crippen LogP contribution in [-0.2, 0) is 6.42 Å². The van der Waals surface area contributed by atoms with Gasteiger partial charge in [0.2, 0.25) is 5.88 Å². The van der Waals surface area contributed by atoms with Crippen molar-refractivity contribution in [1.82, 2.24) is 4.98 Å². The van der Waals surface area contributed by atoms with Crippen LogP contribution in [0.15, 0.2) is 59.4 Å². The largest absolute Gasteiger partial charge is 0.494 e. The minimum atomic E-state index is -0.681. The third kappa shape index (κ3) is 4.04. The van der Waals surface area contributed by atoms with Gasteiger partial charge in [0, 0.05) is 6.42 Å². The minimum Gasteiger partial charge on any atom is -0.494 e. The van der Waals surface area contributed by atoms with Crippen molar-refractivity contribution in [3.63, 3.8) is 0 Å². The third-order valence-electron chi connectivity index (χ3n) is 3.58. The number of H-pyrrole nitrogens is 1. The summed E-state index contributed by atoms with van der Waals surface area (Å²) in [6, 6.07) is 16.7. The molecule has 0 unspecified atom stereocenters. The van der Waals surface area contributed by atoms with Gasteiger partial charge in [-0.05, 0) is 23.3 Å².